The number of nitrogens with zero attached hydrogens (tertiary/aromatic N) is 5. The first-order valence-electron chi connectivity index (χ1n) is 9.55. The Morgan fingerprint density at radius 1 is 1.30 bits per heavy atom. The number of piperidine rings is 1. The fourth-order valence-electron chi connectivity index (χ4n) is 3.81. The molecule has 7 heteroatoms. The molecule has 2 amide bonds. The van der Waals surface area contributed by atoms with Crippen LogP contribution in [0.25, 0.3) is 10.9 Å². The van der Waals surface area contributed by atoms with Gasteiger partial charge in [0, 0.05) is 50.1 Å². The molecule has 0 aliphatic carbocycles. The molecule has 0 atom stereocenters. The van der Waals surface area contributed by atoms with Gasteiger partial charge in [-0.3, -0.25) is 4.68 Å². The van der Waals surface area contributed by atoms with Crippen molar-refractivity contribution in [3.05, 3.63) is 42.6 Å². The molecule has 1 aromatic carbocycles. The number of likely N-dealkylation sites (tertiary alicyclic amines) is 1. The van der Waals surface area contributed by atoms with Crippen molar-refractivity contribution in [3.63, 3.8) is 0 Å². The fourth-order valence-corrected chi connectivity index (χ4v) is 3.81. The third-order valence-corrected chi connectivity index (χ3v) is 5.60. The zero-order valence-electron chi connectivity index (χ0n) is 15.9. The number of imidazole rings is 1. The largest absolute Gasteiger partial charge is 0.335 e. The van der Waals surface area contributed by atoms with E-state index in [0.717, 1.165) is 61.3 Å². The molecule has 3 heterocycles. The molecule has 1 saturated heterocycles. The van der Waals surface area contributed by atoms with Crippen LogP contribution in [0.3, 0.4) is 0 Å². The lowest BCUT2D eigenvalue weighted by Crippen LogP contribution is -2.41. The van der Waals surface area contributed by atoms with E-state index in [-0.39, 0.29) is 6.03 Å². The van der Waals surface area contributed by atoms with E-state index >= 15 is 0 Å². The van der Waals surface area contributed by atoms with E-state index < -0.39 is 0 Å². The molecule has 1 aliphatic heterocycles. The molecule has 0 bridgehead atoms. The standard InChI is InChI=1S/C20H26N6O/c1-15-21-8-12-25(15)9-5-16-6-10-26(11-7-16)20(27)23-18-4-3-17-14-22-24(2)19(17)13-18/h3-4,8,12-14,16H,5-7,9-11H2,1-2H3,(H,23,27). The highest BCUT2D eigenvalue weighted by atomic mass is 16.2. The first-order valence-corrected chi connectivity index (χ1v) is 9.55. The topological polar surface area (TPSA) is 68.0 Å². The Morgan fingerprint density at radius 3 is 2.85 bits per heavy atom. The Bertz CT molecular complexity index is 935. The Kier molecular flexibility index (Phi) is 4.83. The van der Waals surface area contributed by atoms with E-state index in [1.807, 2.05) is 60.3 Å². The van der Waals surface area contributed by atoms with Gasteiger partial charge in [-0.2, -0.15) is 5.10 Å². The predicted octanol–water partition coefficient (Wildman–Crippen LogP) is 3.41. The SMILES string of the molecule is Cc1nccn1CCC1CCN(C(=O)Nc2ccc3cnn(C)c3c2)CC1. The van der Waals surface area contributed by atoms with Crippen LogP contribution in [-0.4, -0.2) is 43.4 Å². The van der Waals surface area contributed by atoms with Crippen LogP contribution in [0.4, 0.5) is 10.5 Å². The number of hydrogen-bond acceptors (Lipinski definition) is 3. The number of carbonyl (C=O) groups is 1. The zero-order chi connectivity index (χ0) is 18.8. The maximum absolute atomic E-state index is 12.6. The molecular weight excluding hydrogens is 340 g/mol. The van der Waals surface area contributed by atoms with Crippen molar-refractivity contribution >= 4 is 22.6 Å². The second kappa shape index (κ2) is 7.42. The molecule has 0 unspecified atom stereocenters. The molecule has 27 heavy (non-hydrogen) atoms. The summed E-state index contributed by atoms with van der Waals surface area (Å²) in [4.78, 5) is 18.8. The highest BCUT2D eigenvalue weighted by Gasteiger charge is 2.23. The number of aromatic nitrogens is 4. The first kappa shape index (κ1) is 17.6. The van der Waals surface area contributed by atoms with E-state index in [2.05, 4.69) is 20.0 Å². The molecule has 4 rings (SSSR count). The Labute approximate surface area is 159 Å². The highest BCUT2D eigenvalue weighted by molar-refractivity contribution is 5.92. The van der Waals surface area contributed by atoms with Crippen molar-refractivity contribution in [1.82, 2.24) is 24.2 Å². The van der Waals surface area contributed by atoms with Crippen LogP contribution in [0.5, 0.6) is 0 Å². The lowest BCUT2D eigenvalue weighted by molar-refractivity contribution is 0.178. The average Bonchev–Trinajstić information content (AvgIpc) is 3.26. The van der Waals surface area contributed by atoms with E-state index in [9.17, 15) is 4.79 Å². The van der Waals surface area contributed by atoms with Crippen LogP contribution in [0, 0.1) is 12.8 Å². The summed E-state index contributed by atoms with van der Waals surface area (Å²) >= 11 is 0. The number of nitrogens with one attached hydrogen (secondary N) is 1. The number of amides is 2. The van der Waals surface area contributed by atoms with Gasteiger partial charge < -0.3 is 14.8 Å². The monoisotopic (exact) mass is 366 g/mol. The first-order chi connectivity index (χ1) is 13.1. The van der Waals surface area contributed by atoms with E-state index in [0.29, 0.717) is 5.92 Å². The summed E-state index contributed by atoms with van der Waals surface area (Å²) in [5, 5.41) is 8.35. The van der Waals surface area contributed by atoms with Gasteiger partial charge in [0.2, 0.25) is 0 Å². The number of rotatable bonds is 4. The van der Waals surface area contributed by atoms with Crippen LogP contribution in [0.1, 0.15) is 25.1 Å². The average molecular weight is 366 g/mol. The smallest absolute Gasteiger partial charge is 0.321 e. The number of carbonyl (C=O) groups excluding carboxylic acids is 1. The fraction of sp³-hybridized carbons (Fsp3) is 0.450. The Balaban J connectivity index is 1.29. The lowest BCUT2D eigenvalue weighted by Gasteiger charge is -2.32. The molecule has 7 nitrogen and oxygen atoms in total. The van der Waals surface area contributed by atoms with Gasteiger partial charge in [0.25, 0.3) is 0 Å². The highest BCUT2D eigenvalue weighted by Crippen LogP contribution is 2.23. The van der Waals surface area contributed by atoms with Crippen molar-refractivity contribution in [1.29, 1.82) is 0 Å². The van der Waals surface area contributed by atoms with Crippen LogP contribution >= 0.6 is 0 Å². The molecule has 0 saturated carbocycles. The number of anilines is 1. The Morgan fingerprint density at radius 2 is 2.11 bits per heavy atom. The predicted molar refractivity (Wildman–Crippen MR) is 106 cm³/mol. The van der Waals surface area contributed by atoms with Crippen molar-refractivity contribution in [2.75, 3.05) is 18.4 Å². The van der Waals surface area contributed by atoms with Gasteiger partial charge in [-0.05, 0) is 50.3 Å². The Hall–Kier alpha value is -2.83. The quantitative estimate of drug-likeness (QED) is 0.769. The van der Waals surface area contributed by atoms with Crippen molar-refractivity contribution in [3.8, 4) is 0 Å². The van der Waals surface area contributed by atoms with Gasteiger partial charge in [-0.15, -0.1) is 0 Å². The van der Waals surface area contributed by atoms with E-state index in [1.54, 1.807) is 0 Å². The van der Waals surface area contributed by atoms with Crippen LogP contribution in [0.15, 0.2) is 36.8 Å². The summed E-state index contributed by atoms with van der Waals surface area (Å²) in [6, 6.07) is 5.88. The minimum absolute atomic E-state index is 0.0135. The summed E-state index contributed by atoms with van der Waals surface area (Å²) in [7, 11) is 1.91. The van der Waals surface area contributed by atoms with E-state index in [1.165, 1.54) is 0 Å². The summed E-state index contributed by atoms with van der Waals surface area (Å²) < 4.78 is 4.02. The van der Waals surface area contributed by atoms with Crippen LogP contribution in [-0.2, 0) is 13.6 Å². The molecule has 3 aromatic rings. The van der Waals surface area contributed by atoms with Gasteiger partial charge in [-0.1, -0.05) is 0 Å². The van der Waals surface area contributed by atoms with Crippen molar-refractivity contribution in [2.24, 2.45) is 13.0 Å². The van der Waals surface area contributed by atoms with E-state index in [4.69, 9.17) is 0 Å². The molecule has 1 aliphatic rings. The zero-order valence-corrected chi connectivity index (χ0v) is 15.9. The number of urea groups is 1. The number of fused-ring (bicyclic) bond motifs is 1. The van der Waals surface area contributed by atoms with Crippen LogP contribution in [0.2, 0.25) is 0 Å². The van der Waals surface area contributed by atoms with Gasteiger partial charge in [0.15, 0.2) is 0 Å². The maximum atomic E-state index is 12.6. The summed E-state index contributed by atoms with van der Waals surface area (Å²) in [5.74, 6) is 1.74. The summed E-state index contributed by atoms with van der Waals surface area (Å²) in [6.07, 6.45) is 8.98. The van der Waals surface area contributed by atoms with Gasteiger partial charge in [0.1, 0.15) is 5.82 Å². The third-order valence-electron chi connectivity index (χ3n) is 5.60. The molecule has 0 spiro atoms. The molecule has 2 aromatic heterocycles. The van der Waals surface area contributed by atoms with Crippen molar-refractivity contribution in [2.45, 2.75) is 32.7 Å². The van der Waals surface area contributed by atoms with Gasteiger partial charge in [0.05, 0.1) is 11.7 Å². The number of hydrogen-bond donors (Lipinski definition) is 1. The van der Waals surface area contributed by atoms with Gasteiger partial charge >= 0.3 is 6.03 Å². The summed E-state index contributed by atoms with van der Waals surface area (Å²) in [6.45, 7) is 4.67. The minimum Gasteiger partial charge on any atom is -0.335 e. The minimum atomic E-state index is -0.0135. The van der Waals surface area contributed by atoms with Crippen LogP contribution < -0.4 is 5.32 Å². The third kappa shape index (κ3) is 3.82. The normalized spacial score (nSPS) is 15.4. The molecule has 1 fully saturated rings. The second-order valence-electron chi connectivity index (χ2n) is 7.36. The van der Waals surface area contributed by atoms with Gasteiger partial charge in [-0.25, -0.2) is 9.78 Å². The molecule has 0 radical (unpaired) electrons. The molecule has 1 N–H and O–H groups in total. The summed E-state index contributed by atoms with van der Waals surface area (Å²) in [5.41, 5.74) is 1.83. The van der Waals surface area contributed by atoms with Crippen molar-refractivity contribution < 1.29 is 4.79 Å². The molecule has 142 valence electrons. The number of benzene rings is 1. The molecular formula is C20H26N6O. The number of aryl methyl sites for hydroxylation is 3. The lowest BCUT2D eigenvalue weighted by atomic mass is 9.93. The maximum Gasteiger partial charge on any atom is 0.321 e. The second-order valence-corrected chi connectivity index (χ2v) is 7.36.